The summed E-state index contributed by atoms with van der Waals surface area (Å²) >= 11 is 3.15. The number of rotatable bonds is 5. The van der Waals surface area contributed by atoms with E-state index >= 15 is 0 Å². The molecule has 3 nitrogen and oxygen atoms in total. The summed E-state index contributed by atoms with van der Waals surface area (Å²) in [5, 5.41) is 0. The summed E-state index contributed by atoms with van der Waals surface area (Å²) < 4.78 is 42.0. The number of carbonyl (C=O) groups excluding carboxylic acids is 1. The molecule has 0 N–H and O–H groups in total. The fourth-order valence-electron chi connectivity index (χ4n) is 1.40. The van der Waals surface area contributed by atoms with Crippen LogP contribution in [0.5, 0.6) is 5.75 Å². The summed E-state index contributed by atoms with van der Waals surface area (Å²) in [6.45, 7) is 1.70. The predicted octanol–water partition coefficient (Wildman–Crippen LogP) is 3.71. The Labute approximate surface area is 123 Å². The molecule has 110 valence electrons. The third kappa shape index (κ3) is 5.32. The van der Waals surface area contributed by atoms with Gasteiger partial charge in [-0.3, -0.25) is 9.79 Å². The van der Waals surface area contributed by atoms with Gasteiger partial charge in [0.1, 0.15) is 5.75 Å². The number of Topliss-reactive ketones (excluding diaryl/α,β-unsaturated/α-hetero) is 1. The molecule has 1 aromatic rings. The van der Waals surface area contributed by atoms with E-state index in [4.69, 9.17) is 4.74 Å². The lowest BCUT2D eigenvalue weighted by atomic mass is 10.1. The second kappa shape index (κ2) is 6.88. The van der Waals surface area contributed by atoms with Crippen LogP contribution in [0, 0.1) is 6.92 Å². The molecular formula is C13H13BrF3NO2. The number of hydrogen-bond donors (Lipinski definition) is 0. The summed E-state index contributed by atoms with van der Waals surface area (Å²) in [5.74, 6) is -0.0683. The zero-order valence-electron chi connectivity index (χ0n) is 10.9. The minimum absolute atomic E-state index is 0.0232. The number of aryl methyl sites for hydroxylation is 1. The number of ketones is 1. The minimum atomic E-state index is -4.42. The maximum Gasteiger partial charge on any atom is 0.422 e. The zero-order chi connectivity index (χ0) is 15.3. The van der Waals surface area contributed by atoms with E-state index in [2.05, 4.69) is 20.9 Å². The normalized spacial score (nSPS) is 11.9. The second-order valence-electron chi connectivity index (χ2n) is 4.18. The van der Waals surface area contributed by atoms with Crippen LogP contribution in [0.4, 0.5) is 13.2 Å². The van der Waals surface area contributed by atoms with Crippen molar-refractivity contribution in [1.82, 2.24) is 0 Å². The van der Waals surface area contributed by atoms with Gasteiger partial charge in [0, 0.05) is 11.8 Å². The van der Waals surface area contributed by atoms with Gasteiger partial charge in [0.2, 0.25) is 0 Å². The molecule has 0 aliphatic heterocycles. The highest BCUT2D eigenvalue weighted by Gasteiger charge is 2.29. The van der Waals surface area contributed by atoms with Crippen LogP contribution in [0.3, 0.4) is 0 Å². The summed E-state index contributed by atoms with van der Waals surface area (Å²) in [6.07, 6.45) is -3.07. The lowest BCUT2D eigenvalue weighted by Crippen LogP contribution is -2.20. The minimum Gasteiger partial charge on any atom is -0.482 e. The Kier molecular flexibility index (Phi) is 5.74. The van der Waals surface area contributed by atoms with Crippen molar-refractivity contribution in [2.24, 2.45) is 4.99 Å². The SMILES string of the molecule is CC(=O)CN=Cc1c(C)ccc(Br)c1OCC(F)(F)F. The Hall–Kier alpha value is -1.37. The van der Waals surface area contributed by atoms with Crippen LogP contribution in [0.25, 0.3) is 0 Å². The summed E-state index contributed by atoms with van der Waals surface area (Å²) in [5.41, 5.74) is 1.13. The number of alkyl halides is 3. The molecule has 0 aromatic heterocycles. The highest BCUT2D eigenvalue weighted by Crippen LogP contribution is 2.32. The number of hydrogen-bond acceptors (Lipinski definition) is 3. The van der Waals surface area contributed by atoms with Crippen molar-refractivity contribution < 1.29 is 22.7 Å². The molecule has 20 heavy (non-hydrogen) atoms. The first-order chi connectivity index (χ1) is 9.20. The molecular weight excluding hydrogens is 339 g/mol. The van der Waals surface area contributed by atoms with Gasteiger partial charge in [-0.25, -0.2) is 0 Å². The maximum absolute atomic E-state index is 12.2. The van der Waals surface area contributed by atoms with E-state index in [1.807, 2.05) is 0 Å². The molecule has 0 fully saturated rings. The molecule has 0 aliphatic rings. The van der Waals surface area contributed by atoms with Crippen molar-refractivity contribution in [3.8, 4) is 5.75 Å². The first-order valence-electron chi connectivity index (χ1n) is 5.68. The smallest absolute Gasteiger partial charge is 0.422 e. The van der Waals surface area contributed by atoms with E-state index < -0.39 is 12.8 Å². The van der Waals surface area contributed by atoms with Crippen molar-refractivity contribution >= 4 is 27.9 Å². The van der Waals surface area contributed by atoms with E-state index in [0.717, 1.165) is 0 Å². The van der Waals surface area contributed by atoms with Gasteiger partial charge in [-0.05, 0) is 41.4 Å². The highest BCUT2D eigenvalue weighted by molar-refractivity contribution is 9.10. The molecule has 1 aromatic carbocycles. The number of halogens is 4. The molecule has 1 rings (SSSR count). The van der Waals surface area contributed by atoms with Crippen molar-refractivity contribution in [3.63, 3.8) is 0 Å². The maximum atomic E-state index is 12.2. The fourth-order valence-corrected chi connectivity index (χ4v) is 1.86. The average Bonchev–Trinajstić information content (AvgIpc) is 2.31. The Morgan fingerprint density at radius 2 is 2.10 bits per heavy atom. The van der Waals surface area contributed by atoms with Crippen molar-refractivity contribution in [1.29, 1.82) is 0 Å². The molecule has 0 unspecified atom stereocenters. The monoisotopic (exact) mass is 351 g/mol. The average molecular weight is 352 g/mol. The number of aliphatic imine (C=N–C) groups is 1. The molecule has 0 aliphatic carbocycles. The van der Waals surface area contributed by atoms with Crippen LogP contribution in [-0.2, 0) is 4.79 Å². The Morgan fingerprint density at radius 1 is 1.45 bits per heavy atom. The van der Waals surface area contributed by atoms with Gasteiger partial charge in [0.25, 0.3) is 0 Å². The van der Waals surface area contributed by atoms with Gasteiger partial charge < -0.3 is 4.74 Å². The number of carbonyl (C=O) groups is 1. The molecule has 0 radical (unpaired) electrons. The van der Waals surface area contributed by atoms with Crippen molar-refractivity contribution in [2.75, 3.05) is 13.2 Å². The summed E-state index contributed by atoms with van der Waals surface area (Å²) in [6, 6.07) is 3.32. The lowest BCUT2D eigenvalue weighted by Gasteiger charge is -2.14. The first kappa shape index (κ1) is 16.7. The third-order valence-electron chi connectivity index (χ3n) is 2.28. The number of nitrogens with zero attached hydrogens (tertiary/aromatic N) is 1. The molecule has 0 saturated heterocycles. The molecule has 0 atom stereocenters. The largest absolute Gasteiger partial charge is 0.482 e. The van der Waals surface area contributed by atoms with Gasteiger partial charge in [0.15, 0.2) is 12.4 Å². The van der Waals surface area contributed by atoms with Gasteiger partial charge in [-0.15, -0.1) is 0 Å². The number of benzene rings is 1. The van der Waals surface area contributed by atoms with E-state index in [0.29, 0.717) is 15.6 Å². The Bertz CT molecular complexity index is 527. The molecule has 0 spiro atoms. The van der Waals surface area contributed by atoms with E-state index in [9.17, 15) is 18.0 Å². The lowest BCUT2D eigenvalue weighted by molar-refractivity contribution is -0.153. The van der Waals surface area contributed by atoms with Gasteiger partial charge in [-0.2, -0.15) is 13.2 Å². The van der Waals surface area contributed by atoms with E-state index in [-0.39, 0.29) is 18.1 Å². The second-order valence-corrected chi connectivity index (χ2v) is 5.04. The van der Waals surface area contributed by atoms with Gasteiger partial charge in [-0.1, -0.05) is 6.07 Å². The van der Waals surface area contributed by atoms with Crippen LogP contribution >= 0.6 is 15.9 Å². The van der Waals surface area contributed by atoms with Crippen LogP contribution in [-0.4, -0.2) is 31.3 Å². The van der Waals surface area contributed by atoms with Crippen LogP contribution in [0.2, 0.25) is 0 Å². The van der Waals surface area contributed by atoms with Gasteiger partial charge in [0.05, 0.1) is 11.0 Å². The topological polar surface area (TPSA) is 38.7 Å². The molecule has 0 amide bonds. The third-order valence-corrected chi connectivity index (χ3v) is 2.91. The van der Waals surface area contributed by atoms with Gasteiger partial charge >= 0.3 is 6.18 Å². The fraction of sp³-hybridized carbons (Fsp3) is 0.385. The quantitative estimate of drug-likeness (QED) is 0.758. The first-order valence-corrected chi connectivity index (χ1v) is 6.48. The van der Waals surface area contributed by atoms with Crippen LogP contribution in [0.15, 0.2) is 21.6 Å². The van der Waals surface area contributed by atoms with E-state index in [1.165, 1.54) is 13.1 Å². The number of ether oxygens (including phenoxy) is 1. The summed E-state index contributed by atoms with van der Waals surface area (Å²) in [4.78, 5) is 14.7. The summed E-state index contributed by atoms with van der Waals surface area (Å²) in [7, 11) is 0. The molecule has 7 heteroatoms. The van der Waals surface area contributed by atoms with E-state index in [1.54, 1.807) is 19.1 Å². The molecule has 0 heterocycles. The van der Waals surface area contributed by atoms with Crippen molar-refractivity contribution in [2.45, 2.75) is 20.0 Å². The Morgan fingerprint density at radius 3 is 2.65 bits per heavy atom. The van der Waals surface area contributed by atoms with Crippen LogP contribution < -0.4 is 4.74 Å². The molecule has 0 saturated carbocycles. The predicted molar refractivity (Wildman–Crippen MR) is 73.6 cm³/mol. The standard InChI is InChI=1S/C13H13BrF3NO2/c1-8-3-4-11(14)12(20-7-13(15,16)17)10(8)6-18-5-9(2)19/h3-4,6H,5,7H2,1-2H3. The zero-order valence-corrected chi connectivity index (χ0v) is 12.5. The Balaban J connectivity index is 3.04. The molecule has 0 bridgehead atoms. The highest BCUT2D eigenvalue weighted by atomic mass is 79.9. The van der Waals surface area contributed by atoms with Crippen molar-refractivity contribution in [3.05, 3.63) is 27.7 Å². The van der Waals surface area contributed by atoms with Crippen LogP contribution in [0.1, 0.15) is 18.1 Å².